The van der Waals surface area contributed by atoms with Crippen molar-refractivity contribution in [1.29, 1.82) is 0 Å². The first kappa shape index (κ1) is 8.79. The fourth-order valence-electron chi connectivity index (χ4n) is 2.22. The zero-order valence-electron chi connectivity index (χ0n) is 7.67. The topological polar surface area (TPSA) is 20.2 Å². The lowest BCUT2D eigenvalue weighted by atomic mass is 9.89. The van der Waals surface area contributed by atoms with Gasteiger partial charge in [-0.05, 0) is 23.2 Å². The molecule has 0 aliphatic heterocycles. The minimum absolute atomic E-state index is 0.316. The van der Waals surface area contributed by atoms with Gasteiger partial charge < -0.3 is 5.11 Å². The molecular weight excluding hydrogens is 136 g/mol. The molecule has 1 saturated carbocycles. The molecule has 0 aromatic heterocycles. The molecule has 1 heteroatoms. The Morgan fingerprint density at radius 2 is 2.27 bits per heavy atom. The SMILES string of the molecule is C=CC(C)[C@]1(C)C(C)[C@@H]1CO. The Hall–Kier alpha value is -0.300. The third kappa shape index (κ3) is 1.02. The Morgan fingerprint density at radius 1 is 1.73 bits per heavy atom. The lowest BCUT2D eigenvalue weighted by Crippen LogP contribution is -2.11. The highest BCUT2D eigenvalue weighted by Gasteiger charge is 2.59. The Morgan fingerprint density at radius 3 is 2.55 bits per heavy atom. The molecule has 64 valence electrons. The van der Waals surface area contributed by atoms with Gasteiger partial charge in [-0.25, -0.2) is 0 Å². The van der Waals surface area contributed by atoms with Crippen molar-refractivity contribution in [1.82, 2.24) is 0 Å². The average Bonchev–Trinajstić information content (AvgIpc) is 2.54. The van der Waals surface area contributed by atoms with Crippen molar-refractivity contribution in [3.8, 4) is 0 Å². The highest BCUT2D eigenvalue weighted by Crippen LogP contribution is 2.62. The maximum atomic E-state index is 9.02. The molecule has 1 aliphatic carbocycles. The normalized spacial score (nSPS) is 45.1. The minimum atomic E-state index is 0.316. The van der Waals surface area contributed by atoms with Gasteiger partial charge in [0.1, 0.15) is 0 Å². The van der Waals surface area contributed by atoms with E-state index in [1.54, 1.807) is 0 Å². The van der Waals surface area contributed by atoms with E-state index in [-0.39, 0.29) is 0 Å². The second kappa shape index (κ2) is 2.63. The van der Waals surface area contributed by atoms with Crippen molar-refractivity contribution in [3.05, 3.63) is 12.7 Å². The van der Waals surface area contributed by atoms with Crippen LogP contribution in [-0.2, 0) is 0 Å². The van der Waals surface area contributed by atoms with Gasteiger partial charge in [-0.2, -0.15) is 0 Å². The van der Waals surface area contributed by atoms with Crippen molar-refractivity contribution in [2.45, 2.75) is 20.8 Å². The van der Waals surface area contributed by atoms with Gasteiger partial charge in [-0.1, -0.05) is 26.8 Å². The van der Waals surface area contributed by atoms with Gasteiger partial charge in [-0.15, -0.1) is 6.58 Å². The molecule has 0 spiro atoms. The van der Waals surface area contributed by atoms with E-state index >= 15 is 0 Å². The summed E-state index contributed by atoms with van der Waals surface area (Å²) in [5.41, 5.74) is 0.316. The van der Waals surface area contributed by atoms with Crippen LogP contribution in [-0.4, -0.2) is 11.7 Å². The summed E-state index contributed by atoms with van der Waals surface area (Å²) in [7, 11) is 0. The Bertz CT molecular complexity index is 164. The smallest absolute Gasteiger partial charge is 0.0467 e. The quantitative estimate of drug-likeness (QED) is 0.617. The second-order valence-corrected chi connectivity index (χ2v) is 3.97. The molecule has 0 heterocycles. The molecule has 0 aromatic rings. The summed E-state index contributed by atoms with van der Waals surface area (Å²) < 4.78 is 0. The molecule has 4 atom stereocenters. The van der Waals surface area contributed by atoms with Gasteiger partial charge in [0.25, 0.3) is 0 Å². The fraction of sp³-hybridized carbons (Fsp3) is 0.800. The van der Waals surface area contributed by atoms with E-state index < -0.39 is 0 Å². The van der Waals surface area contributed by atoms with Crippen LogP contribution in [0, 0.1) is 23.2 Å². The highest BCUT2D eigenvalue weighted by atomic mass is 16.3. The molecule has 0 bridgehead atoms. The summed E-state index contributed by atoms with van der Waals surface area (Å²) in [6.45, 7) is 10.7. The maximum absolute atomic E-state index is 9.02. The molecule has 2 unspecified atom stereocenters. The predicted molar refractivity (Wildman–Crippen MR) is 47.2 cm³/mol. The standard InChI is InChI=1S/C10H18O/c1-5-7(2)10(4)8(3)9(10)6-11/h5,7-9,11H,1,6H2,2-4H3/t7?,8?,9-,10+/m0/s1. The van der Waals surface area contributed by atoms with E-state index in [1.807, 2.05) is 6.08 Å². The van der Waals surface area contributed by atoms with E-state index in [2.05, 4.69) is 27.4 Å². The molecule has 1 fully saturated rings. The van der Waals surface area contributed by atoms with Gasteiger partial charge in [0.15, 0.2) is 0 Å². The molecule has 0 saturated heterocycles. The van der Waals surface area contributed by atoms with Crippen molar-refractivity contribution in [2.75, 3.05) is 6.61 Å². The Balaban J connectivity index is 2.64. The van der Waals surface area contributed by atoms with Gasteiger partial charge in [0, 0.05) is 6.61 Å². The van der Waals surface area contributed by atoms with Crippen LogP contribution in [0.3, 0.4) is 0 Å². The fourth-order valence-corrected chi connectivity index (χ4v) is 2.22. The summed E-state index contributed by atoms with van der Waals surface area (Å²) in [6, 6.07) is 0. The predicted octanol–water partition coefficient (Wildman–Crippen LogP) is 2.07. The summed E-state index contributed by atoms with van der Waals surface area (Å²) in [4.78, 5) is 0. The number of rotatable bonds is 3. The van der Waals surface area contributed by atoms with Crippen LogP contribution < -0.4 is 0 Å². The molecule has 1 rings (SSSR count). The van der Waals surface area contributed by atoms with Crippen molar-refractivity contribution >= 4 is 0 Å². The van der Waals surface area contributed by atoms with Crippen LogP contribution >= 0.6 is 0 Å². The van der Waals surface area contributed by atoms with E-state index in [0.717, 1.165) is 0 Å². The Labute approximate surface area is 69.1 Å². The van der Waals surface area contributed by atoms with Crippen LogP contribution in [0.1, 0.15) is 20.8 Å². The minimum Gasteiger partial charge on any atom is -0.396 e. The van der Waals surface area contributed by atoms with Gasteiger partial charge in [0.2, 0.25) is 0 Å². The monoisotopic (exact) mass is 154 g/mol. The van der Waals surface area contributed by atoms with Crippen molar-refractivity contribution in [3.63, 3.8) is 0 Å². The van der Waals surface area contributed by atoms with Crippen molar-refractivity contribution in [2.24, 2.45) is 23.2 Å². The van der Waals surface area contributed by atoms with Crippen LogP contribution in [0.25, 0.3) is 0 Å². The zero-order valence-corrected chi connectivity index (χ0v) is 7.67. The molecule has 0 radical (unpaired) electrons. The summed E-state index contributed by atoms with van der Waals surface area (Å²) in [6.07, 6.45) is 1.99. The lowest BCUT2D eigenvalue weighted by Gasteiger charge is -2.16. The lowest BCUT2D eigenvalue weighted by molar-refractivity contribution is 0.239. The van der Waals surface area contributed by atoms with Crippen LogP contribution in [0.5, 0.6) is 0 Å². The summed E-state index contributed by atoms with van der Waals surface area (Å²) in [5.74, 6) is 1.67. The zero-order chi connectivity index (χ0) is 8.65. The van der Waals surface area contributed by atoms with E-state index in [9.17, 15) is 0 Å². The molecule has 1 N–H and O–H groups in total. The largest absolute Gasteiger partial charge is 0.396 e. The maximum Gasteiger partial charge on any atom is 0.0467 e. The van der Waals surface area contributed by atoms with Gasteiger partial charge in [-0.3, -0.25) is 0 Å². The van der Waals surface area contributed by atoms with Crippen LogP contribution in [0.15, 0.2) is 12.7 Å². The first-order valence-corrected chi connectivity index (χ1v) is 4.32. The molecule has 0 aromatic carbocycles. The van der Waals surface area contributed by atoms with Gasteiger partial charge in [0.05, 0.1) is 0 Å². The van der Waals surface area contributed by atoms with E-state index in [1.165, 1.54) is 0 Å². The number of hydrogen-bond acceptors (Lipinski definition) is 1. The van der Waals surface area contributed by atoms with E-state index in [4.69, 9.17) is 5.11 Å². The first-order valence-electron chi connectivity index (χ1n) is 4.32. The second-order valence-electron chi connectivity index (χ2n) is 3.97. The van der Waals surface area contributed by atoms with E-state index in [0.29, 0.717) is 29.8 Å². The van der Waals surface area contributed by atoms with Gasteiger partial charge >= 0.3 is 0 Å². The number of allylic oxidation sites excluding steroid dienone is 1. The molecular formula is C10H18O. The van der Waals surface area contributed by atoms with Crippen molar-refractivity contribution < 1.29 is 5.11 Å². The summed E-state index contributed by atoms with van der Waals surface area (Å²) in [5, 5.41) is 9.02. The number of aliphatic hydroxyl groups is 1. The number of aliphatic hydroxyl groups excluding tert-OH is 1. The third-order valence-corrected chi connectivity index (χ3v) is 3.81. The third-order valence-electron chi connectivity index (χ3n) is 3.81. The van der Waals surface area contributed by atoms with Crippen LogP contribution in [0.4, 0.5) is 0 Å². The summed E-state index contributed by atoms with van der Waals surface area (Å²) >= 11 is 0. The molecule has 11 heavy (non-hydrogen) atoms. The highest BCUT2D eigenvalue weighted by molar-refractivity contribution is 5.11. The van der Waals surface area contributed by atoms with Crippen LogP contribution in [0.2, 0.25) is 0 Å². The Kier molecular flexibility index (Phi) is 2.10. The first-order chi connectivity index (χ1) is 5.08. The average molecular weight is 154 g/mol. The number of hydrogen-bond donors (Lipinski definition) is 1. The molecule has 1 aliphatic rings. The molecule has 1 nitrogen and oxygen atoms in total. The molecule has 0 amide bonds.